The van der Waals surface area contributed by atoms with E-state index in [9.17, 15) is 13.2 Å². The first kappa shape index (κ1) is 20.5. The summed E-state index contributed by atoms with van der Waals surface area (Å²) >= 11 is 0. The molecule has 0 saturated heterocycles. The maximum absolute atomic E-state index is 12.7. The summed E-state index contributed by atoms with van der Waals surface area (Å²) in [5.41, 5.74) is 0.854. The molecular formula is C18H23N3O5S. The van der Waals surface area contributed by atoms with E-state index in [0.29, 0.717) is 30.2 Å². The molecule has 0 aliphatic rings. The molecule has 2 rings (SSSR count). The molecule has 1 amide bonds. The molecule has 2 aromatic rings. The summed E-state index contributed by atoms with van der Waals surface area (Å²) < 4.78 is 39.3. The molecule has 9 heteroatoms. The Hall–Kier alpha value is -2.78. The molecule has 3 N–H and O–H groups in total. The lowest BCUT2D eigenvalue weighted by atomic mass is 10.1. The summed E-state index contributed by atoms with van der Waals surface area (Å²) in [6, 6.07) is 11.3. The van der Waals surface area contributed by atoms with Crippen molar-refractivity contribution >= 4 is 27.5 Å². The molecule has 0 aliphatic carbocycles. The average Bonchev–Trinajstić information content (AvgIpc) is 2.66. The van der Waals surface area contributed by atoms with Gasteiger partial charge in [-0.25, -0.2) is 0 Å². The van der Waals surface area contributed by atoms with Crippen molar-refractivity contribution in [3.05, 3.63) is 48.0 Å². The van der Waals surface area contributed by atoms with Gasteiger partial charge in [0, 0.05) is 18.3 Å². The van der Waals surface area contributed by atoms with E-state index in [4.69, 9.17) is 9.47 Å². The SMILES string of the molecule is CCCNS(=O)(=O)Nc1ccccc1C(=O)Nc1ccc(OC)c(OC)c1. The maximum atomic E-state index is 12.7. The van der Waals surface area contributed by atoms with Crippen LogP contribution >= 0.6 is 0 Å². The van der Waals surface area contributed by atoms with E-state index in [1.165, 1.54) is 26.4 Å². The standard InChI is InChI=1S/C18H23N3O5S/c1-4-11-19-27(23,24)21-15-8-6-5-7-14(15)18(22)20-13-9-10-16(25-2)17(12-13)26-3/h5-10,12,19,21H,4,11H2,1-3H3,(H,20,22). The zero-order valence-corrected chi connectivity index (χ0v) is 16.2. The molecule has 0 spiro atoms. The number of hydrogen-bond donors (Lipinski definition) is 3. The number of anilines is 2. The highest BCUT2D eigenvalue weighted by molar-refractivity contribution is 7.90. The van der Waals surface area contributed by atoms with Crippen molar-refractivity contribution in [3.63, 3.8) is 0 Å². The van der Waals surface area contributed by atoms with Crippen LogP contribution in [-0.2, 0) is 10.2 Å². The first-order valence-corrected chi connectivity index (χ1v) is 9.78. The Balaban J connectivity index is 2.22. The van der Waals surface area contributed by atoms with Crippen molar-refractivity contribution in [2.45, 2.75) is 13.3 Å². The lowest BCUT2D eigenvalue weighted by Crippen LogP contribution is -2.31. The van der Waals surface area contributed by atoms with Gasteiger partial charge in [0.25, 0.3) is 16.1 Å². The number of benzene rings is 2. The molecule has 0 fully saturated rings. The Morgan fingerprint density at radius 3 is 2.41 bits per heavy atom. The normalized spacial score (nSPS) is 10.9. The third-order valence-corrected chi connectivity index (χ3v) is 4.67. The highest BCUT2D eigenvalue weighted by Gasteiger charge is 2.16. The minimum Gasteiger partial charge on any atom is -0.493 e. The Morgan fingerprint density at radius 2 is 1.74 bits per heavy atom. The molecule has 0 saturated carbocycles. The number of methoxy groups -OCH3 is 2. The Labute approximate surface area is 159 Å². The van der Waals surface area contributed by atoms with Crippen LogP contribution in [0.15, 0.2) is 42.5 Å². The number of hydrogen-bond acceptors (Lipinski definition) is 5. The number of para-hydroxylation sites is 1. The molecule has 8 nitrogen and oxygen atoms in total. The first-order chi connectivity index (χ1) is 12.9. The maximum Gasteiger partial charge on any atom is 0.299 e. The van der Waals surface area contributed by atoms with Gasteiger partial charge in [-0.05, 0) is 30.7 Å². The van der Waals surface area contributed by atoms with Crippen molar-refractivity contribution in [2.75, 3.05) is 30.8 Å². The second-order valence-electron chi connectivity index (χ2n) is 5.57. The van der Waals surface area contributed by atoms with Crippen molar-refractivity contribution in [1.82, 2.24) is 4.72 Å². The van der Waals surface area contributed by atoms with E-state index < -0.39 is 16.1 Å². The summed E-state index contributed by atoms with van der Waals surface area (Å²) in [6.45, 7) is 2.16. The number of carbonyl (C=O) groups is 1. The second-order valence-corrected chi connectivity index (χ2v) is 7.07. The van der Waals surface area contributed by atoms with Crippen LogP contribution in [0.3, 0.4) is 0 Å². The smallest absolute Gasteiger partial charge is 0.299 e. The van der Waals surface area contributed by atoms with Crippen LogP contribution in [0.25, 0.3) is 0 Å². The van der Waals surface area contributed by atoms with Gasteiger partial charge in [0.2, 0.25) is 0 Å². The first-order valence-electron chi connectivity index (χ1n) is 8.30. The van der Waals surface area contributed by atoms with E-state index in [1.54, 1.807) is 30.3 Å². The van der Waals surface area contributed by atoms with Crippen molar-refractivity contribution in [3.8, 4) is 11.5 Å². The molecule has 0 atom stereocenters. The van der Waals surface area contributed by atoms with Crippen LogP contribution in [0.1, 0.15) is 23.7 Å². The fourth-order valence-electron chi connectivity index (χ4n) is 2.30. The van der Waals surface area contributed by atoms with Gasteiger partial charge in [-0.2, -0.15) is 13.1 Å². The van der Waals surface area contributed by atoms with E-state index in [2.05, 4.69) is 14.8 Å². The van der Waals surface area contributed by atoms with Gasteiger partial charge in [-0.3, -0.25) is 9.52 Å². The molecule has 27 heavy (non-hydrogen) atoms. The molecule has 0 unspecified atom stereocenters. The Bertz CT molecular complexity index is 900. The van der Waals surface area contributed by atoms with E-state index in [-0.39, 0.29) is 11.3 Å². The topological polar surface area (TPSA) is 106 Å². The van der Waals surface area contributed by atoms with Gasteiger partial charge in [0.1, 0.15) is 0 Å². The molecule has 0 heterocycles. The zero-order chi connectivity index (χ0) is 19.9. The number of amides is 1. The van der Waals surface area contributed by atoms with Crippen molar-refractivity contribution in [1.29, 1.82) is 0 Å². The number of carbonyl (C=O) groups excluding carboxylic acids is 1. The molecule has 146 valence electrons. The predicted octanol–water partition coefficient (Wildman–Crippen LogP) is 2.61. The minimum absolute atomic E-state index is 0.180. The van der Waals surface area contributed by atoms with Crippen LogP contribution < -0.4 is 24.2 Å². The van der Waals surface area contributed by atoms with Gasteiger partial charge < -0.3 is 14.8 Å². The van der Waals surface area contributed by atoms with Crippen LogP contribution in [-0.4, -0.2) is 35.1 Å². The number of nitrogens with one attached hydrogen (secondary N) is 3. The number of rotatable bonds is 9. The minimum atomic E-state index is -3.76. The van der Waals surface area contributed by atoms with Gasteiger partial charge in [-0.1, -0.05) is 19.1 Å². The van der Waals surface area contributed by atoms with Crippen LogP contribution in [0.5, 0.6) is 11.5 Å². The van der Waals surface area contributed by atoms with Crippen molar-refractivity contribution in [2.24, 2.45) is 0 Å². The quantitative estimate of drug-likeness (QED) is 0.607. The summed E-state index contributed by atoms with van der Waals surface area (Å²) in [5.74, 6) is 0.537. The fraction of sp³-hybridized carbons (Fsp3) is 0.278. The highest BCUT2D eigenvalue weighted by Crippen LogP contribution is 2.30. The summed E-state index contributed by atoms with van der Waals surface area (Å²) in [4.78, 5) is 12.7. The van der Waals surface area contributed by atoms with Gasteiger partial charge >= 0.3 is 0 Å². The Kier molecular flexibility index (Phi) is 7.03. The fourth-order valence-corrected chi connectivity index (χ4v) is 3.31. The summed E-state index contributed by atoms with van der Waals surface area (Å²) in [5, 5.41) is 2.72. The predicted molar refractivity (Wildman–Crippen MR) is 105 cm³/mol. The van der Waals surface area contributed by atoms with E-state index in [1.807, 2.05) is 6.92 Å². The third-order valence-electron chi connectivity index (χ3n) is 3.60. The lowest BCUT2D eigenvalue weighted by Gasteiger charge is -2.14. The molecule has 0 aromatic heterocycles. The number of ether oxygens (including phenoxy) is 2. The van der Waals surface area contributed by atoms with Crippen molar-refractivity contribution < 1.29 is 22.7 Å². The summed E-state index contributed by atoms with van der Waals surface area (Å²) in [6.07, 6.45) is 0.655. The highest BCUT2D eigenvalue weighted by atomic mass is 32.2. The van der Waals surface area contributed by atoms with Gasteiger partial charge in [-0.15, -0.1) is 0 Å². The Morgan fingerprint density at radius 1 is 1.04 bits per heavy atom. The molecule has 0 aliphatic heterocycles. The van der Waals surface area contributed by atoms with Crippen LogP contribution in [0.4, 0.5) is 11.4 Å². The monoisotopic (exact) mass is 393 g/mol. The largest absolute Gasteiger partial charge is 0.493 e. The van der Waals surface area contributed by atoms with E-state index in [0.717, 1.165) is 0 Å². The van der Waals surface area contributed by atoms with Crippen LogP contribution in [0.2, 0.25) is 0 Å². The summed E-state index contributed by atoms with van der Waals surface area (Å²) in [7, 11) is -0.746. The van der Waals surface area contributed by atoms with Gasteiger partial charge in [0.15, 0.2) is 11.5 Å². The molecule has 0 radical (unpaired) electrons. The third kappa shape index (κ3) is 5.60. The van der Waals surface area contributed by atoms with Gasteiger partial charge in [0.05, 0.1) is 25.5 Å². The lowest BCUT2D eigenvalue weighted by molar-refractivity contribution is 0.102. The average molecular weight is 393 g/mol. The molecule has 2 aromatic carbocycles. The molecular weight excluding hydrogens is 370 g/mol. The zero-order valence-electron chi connectivity index (χ0n) is 15.4. The second kappa shape index (κ2) is 9.24. The molecule has 0 bridgehead atoms. The van der Waals surface area contributed by atoms with E-state index >= 15 is 0 Å². The van der Waals surface area contributed by atoms with Crippen LogP contribution in [0, 0.1) is 0 Å².